The second-order valence-corrected chi connectivity index (χ2v) is 11.7. The van der Waals surface area contributed by atoms with E-state index in [2.05, 4.69) is 27.4 Å². The van der Waals surface area contributed by atoms with Crippen LogP contribution in [0.4, 0.5) is 18.9 Å². The number of rotatable bonds is 9. The number of halogens is 4. The van der Waals surface area contributed by atoms with E-state index in [0.717, 1.165) is 37.1 Å². The lowest BCUT2D eigenvalue weighted by molar-refractivity contribution is -0.136. The normalized spacial score (nSPS) is 19.1. The number of anilines is 1. The molecule has 0 saturated carbocycles. The highest BCUT2D eigenvalue weighted by molar-refractivity contribution is 7.82. The molecule has 3 aliphatic heterocycles. The Kier molecular flexibility index (Phi) is 11.4. The number of alkyl halides is 3. The number of hydrogen-bond donors (Lipinski definition) is 2. The molecule has 3 heterocycles. The molecule has 3 aliphatic rings. The summed E-state index contributed by atoms with van der Waals surface area (Å²) in [6.07, 6.45) is 0.0560. The van der Waals surface area contributed by atoms with Gasteiger partial charge in [-0.2, -0.15) is 13.2 Å². The number of carbonyl (C=O) groups is 2. The molecule has 1 aromatic rings. The van der Waals surface area contributed by atoms with Gasteiger partial charge in [-0.05, 0) is 76.5 Å². The third-order valence-electron chi connectivity index (χ3n) is 6.91. The van der Waals surface area contributed by atoms with Crippen molar-refractivity contribution < 1.29 is 27.0 Å². The second-order valence-electron chi connectivity index (χ2n) is 9.84. The summed E-state index contributed by atoms with van der Waals surface area (Å²) in [5.41, 5.74) is 2.90. The molecular formula is C27H34ClF3N4O3S. The van der Waals surface area contributed by atoms with Gasteiger partial charge in [-0.15, -0.1) is 0 Å². The van der Waals surface area contributed by atoms with Crippen molar-refractivity contribution in [2.24, 2.45) is 5.92 Å². The van der Waals surface area contributed by atoms with Gasteiger partial charge < -0.3 is 15.5 Å². The monoisotopic (exact) mass is 586 g/mol. The third-order valence-corrected chi connectivity index (χ3v) is 8.75. The van der Waals surface area contributed by atoms with Crippen LogP contribution in [0, 0.1) is 17.8 Å². The maximum Gasteiger partial charge on any atom is 0.389 e. The Morgan fingerprint density at radius 1 is 1.31 bits per heavy atom. The molecule has 7 nitrogen and oxygen atoms in total. The molecule has 2 N–H and O–H groups in total. The van der Waals surface area contributed by atoms with Crippen molar-refractivity contribution in [2.45, 2.75) is 51.2 Å². The fraction of sp³-hybridized carbons (Fsp3) is 0.556. The van der Waals surface area contributed by atoms with Gasteiger partial charge in [0.1, 0.15) is 11.0 Å². The fourth-order valence-corrected chi connectivity index (χ4v) is 6.07. The van der Waals surface area contributed by atoms with Crippen LogP contribution in [-0.4, -0.2) is 76.8 Å². The van der Waals surface area contributed by atoms with Crippen molar-refractivity contribution in [2.75, 3.05) is 44.3 Å². The zero-order valence-electron chi connectivity index (χ0n) is 22.1. The van der Waals surface area contributed by atoms with E-state index >= 15 is 0 Å². The van der Waals surface area contributed by atoms with Gasteiger partial charge in [-0.3, -0.25) is 13.9 Å². The zero-order chi connectivity index (χ0) is 28.6. The first kappa shape index (κ1) is 31.1. The molecule has 2 atom stereocenters. The highest BCUT2D eigenvalue weighted by Crippen LogP contribution is 2.29. The highest BCUT2D eigenvalue weighted by atomic mass is 35.5. The first-order chi connectivity index (χ1) is 18.5. The van der Waals surface area contributed by atoms with Crippen molar-refractivity contribution in [3.63, 3.8) is 0 Å². The molecule has 12 heteroatoms. The van der Waals surface area contributed by atoms with E-state index in [9.17, 15) is 27.0 Å². The van der Waals surface area contributed by atoms with Crippen LogP contribution in [0.15, 0.2) is 23.9 Å². The molecule has 1 aromatic carbocycles. The number of likely N-dealkylation sites (tertiary alicyclic amines) is 1. The van der Waals surface area contributed by atoms with Gasteiger partial charge in [0.2, 0.25) is 5.91 Å². The second kappa shape index (κ2) is 14.3. The molecule has 2 unspecified atom stereocenters. The van der Waals surface area contributed by atoms with Crippen LogP contribution in [0.2, 0.25) is 5.02 Å². The van der Waals surface area contributed by atoms with Crippen molar-refractivity contribution in [3.8, 4) is 11.8 Å². The molecule has 1 amide bonds. The summed E-state index contributed by atoms with van der Waals surface area (Å²) in [6.45, 7) is 4.56. The highest BCUT2D eigenvalue weighted by Gasteiger charge is 2.28. The van der Waals surface area contributed by atoms with Gasteiger partial charge >= 0.3 is 6.18 Å². The van der Waals surface area contributed by atoms with Gasteiger partial charge in [0.15, 0.2) is 6.29 Å². The number of amides is 1. The van der Waals surface area contributed by atoms with Crippen LogP contribution in [-0.2, 0) is 22.2 Å². The predicted octanol–water partition coefficient (Wildman–Crippen LogP) is 4.16. The molecule has 0 aromatic heterocycles. The maximum atomic E-state index is 12.7. The third kappa shape index (κ3) is 9.64. The molecule has 39 heavy (non-hydrogen) atoms. The average molecular weight is 587 g/mol. The van der Waals surface area contributed by atoms with Crippen LogP contribution < -0.4 is 10.6 Å². The molecule has 0 radical (unpaired) electrons. The minimum atomic E-state index is -4.07. The quantitative estimate of drug-likeness (QED) is 0.335. The number of fused-ring (bicyclic) bond motifs is 1. The van der Waals surface area contributed by atoms with Gasteiger partial charge in [-0.1, -0.05) is 23.4 Å². The van der Waals surface area contributed by atoms with Crippen molar-refractivity contribution in [1.29, 1.82) is 0 Å². The molecular weight excluding hydrogens is 553 g/mol. The Morgan fingerprint density at radius 2 is 2.03 bits per heavy atom. The van der Waals surface area contributed by atoms with E-state index in [0.29, 0.717) is 53.7 Å². The Labute approximate surface area is 235 Å². The van der Waals surface area contributed by atoms with Crippen molar-refractivity contribution in [1.82, 2.24) is 14.5 Å². The number of carbonyl (C=O) groups excluding carboxylic acids is 2. The first-order valence-electron chi connectivity index (χ1n) is 12.9. The minimum absolute atomic E-state index is 0.0610. The Morgan fingerprint density at radius 3 is 2.67 bits per heavy atom. The Bertz CT molecular complexity index is 1160. The van der Waals surface area contributed by atoms with Crippen molar-refractivity contribution in [3.05, 3.63) is 40.1 Å². The van der Waals surface area contributed by atoms with Gasteiger partial charge in [0.25, 0.3) is 0 Å². The number of nitrogens with zero attached hydrogens (tertiary/aromatic N) is 2. The van der Waals surface area contributed by atoms with Crippen molar-refractivity contribution >= 4 is 40.5 Å². The number of hydrogen-bond acceptors (Lipinski definition) is 5. The topological polar surface area (TPSA) is 81.8 Å². The van der Waals surface area contributed by atoms with Crippen LogP contribution >= 0.6 is 11.6 Å². The van der Waals surface area contributed by atoms with E-state index in [1.807, 2.05) is 20.2 Å². The summed E-state index contributed by atoms with van der Waals surface area (Å²) in [5, 5.41) is 6.16. The molecule has 4 rings (SSSR count). The Hall–Kier alpha value is -2.39. The molecule has 1 saturated heterocycles. The van der Waals surface area contributed by atoms with Gasteiger partial charge in [0.05, 0.1) is 18.0 Å². The van der Waals surface area contributed by atoms with Crippen LogP contribution in [0.3, 0.4) is 0 Å². The number of aldehydes is 1. The smallest absolute Gasteiger partial charge is 0.325 e. The SMILES string of the molecule is CNC(C)C1=CN(S(=O)CC2CCN(CCCC(F)(F)F)CC2)CC#C1.O=Cc1cc2c(cc1Cl)NC(=O)C2. The summed E-state index contributed by atoms with van der Waals surface area (Å²) in [4.78, 5) is 23.6. The Balaban J connectivity index is 0.000000268. The molecule has 0 bridgehead atoms. The number of benzene rings is 1. The van der Waals surface area contributed by atoms with E-state index in [4.69, 9.17) is 11.6 Å². The lowest BCUT2D eigenvalue weighted by Gasteiger charge is -2.32. The molecule has 0 aliphatic carbocycles. The van der Waals surface area contributed by atoms with E-state index < -0.39 is 23.6 Å². The summed E-state index contributed by atoms with van der Waals surface area (Å²) in [6, 6.07) is 3.37. The molecule has 1 fully saturated rings. The van der Waals surface area contributed by atoms with Crippen LogP contribution in [0.1, 0.15) is 48.5 Å². The minimum Gasteiger partial charge on any atom is -0.325 e. The predicted molar refractivity (Wildman–Crippen MR) is 148 cm³/mol. The number of piperidine rings is 1. The van der Waals surface area contributed by atoms with Gasteiger partial charge in [-0.25, -0.2) is 4.21 Å². The van der Waals surface area contributed by atoms with Crippen LogP contribution in [0.5, 0.6) is 0 Å². The van der Waals surface area contributed by atoms with E-state index in [1.54, 1.807) is 16.4 Å². The van der Waals surface area contributed by atoms with E-state index in [-0.39, 0.29) is 18.4 Å². The lowest BCUT2D eigenvalue weighted by Crippen LogP contribution is -2.38. The largest absolute Gasteiger partial charge is 0.389 e. The maximum absolute atomic E-state index is 12.7. The fourth-order valence-electron chi connectivity index (χ4n) is 4.49. The number of likely N-dealkylation sites (N-methyl/N-ethyl adjacent to an activating group) is 1. The zero-order valence-corrected chi connectivity index (χ0v) is 23.6. The molecule has 214 valence electrons. The lowest BCUT2D eigenvalue weighted by atomic mass is 9.99. The summed E-state index contributed by atoms with van der Waals surface area (Å²) < 4.78 is 51.1. The standard InChI is InChI=1S/C18H28F3N3OS.C9H6ClNO2/c1-15(22-2)17-5-3-10-24(13-17)26(25)14-16-6-11-23(12-7-16)9-4-8-18(19,20)21;10-7-3-8-5(1-6(7)4-12)2-9(13)11-8/h13,15-16,22H,4,6-12,14H2,1-2H3;1,3-4H,2H2,(H,11,13). The van der Waals surface area contributed by atoms with Crippen LogP contribution in [0.25, 0.3) is 0 Å². The first-order valence-corrected chi connectivity index (χ1v) is 14.5. The summed E-state index contributed by atoms with van der Waals surface area (Å²) in [7, 11) is 0.754. The van der Waals surface area contributed by atoms with E-state index in [1.165, 1.54) is 0 Å². The summed E-state index contributed by atoms with van der Waals surface area (Å²) >= 11 is 5.77. The number of nitrogens with one attached hydrogen (secondary N) is 2. The van der Waals surface area contributed by atoms with Gasteiger partial charge in [0, 0.05) is 41.2 Å². The molecule has 0 spiro atoms. The summed E-state index contributed by atoms with van der Waals surface area (Å²) in [5.74, 6) is 7.00. The average Bonchev–Trinajstić information content (AvgIpc) is 3.27.